The molecule has 2 fully saturated rings. The standard InChI is InChI=1S/C22H27ClO6/c1-2-26-22(25)15-9-7-13-6-8-14-16(12-24)18(28-19-5-3-4-10-27-19)11-17(14)29-21(13)20(15)23/h7,9,12,14,16-19H,2-6,8,10-11H2,1H3/t14-,16-,17+,18-,19?/m1/s1. The molecule has 7 heteroatoms. The molecule has 4 rings (SSSR count). The number of carbonyl (C=O) groups excluding carboxylic acids is 2. The van der Waals surface area contributed by atoms with Crippen molar-refractivity contribution in [1.29, 1.82) is 0 Å². The predicted octanol–water partition coefficient (Wildman–Crippen LogP) is 3.96. The maximum absolute atomic E-state index is 12.2. The molecule has 2 heterocycles. The summed E-state index contributed by atoms with van der Waals surface area (Å²) in [6.07, 6.45) is 5.48. The van der Waals surface area contributed by atoms with Crippen molar-refractivity contribution in [3.63, 3.8) is 0 Å². The lowest BCUT2D eigenvalue weighted by Gasteiger charge is -2.28. The topological polar surface area (TPSA) is 71.1 Å². The highest BCUT2D eigenvalue weighted by Crippen LogP contribution is 2.45. The van der Waals surface area contributed by atoms with Crippen LogP contribution in [0.1, 0.15) is 54.9 Å². The lowest BCUT2D eigenvalue weighted by Crippen LogP contribution is -2.32. The summed E-state index contributed by atoms with van der Waals surface area (Å²) < 4.78 is 23.3. The van der Waals surface area contributed by atoms with Gasteiger partial charge in [0.05, 0.1) is 23.3 Å². The SMILES string of the molecule is CCOC(=O)c1ccc2c(c1Cl)O[C@H]1C[C@@H](OC3CCCCO3)[C@H](C=O)[C@H]1CC2. The Morgan fingerprint density at radius 3 is 2.90 bits per heavy atom. The minimum absolute atomic E-state index is 0.0515. The molecule has 0 amide bonds. The molecule has 3 aliphatic rings. The number of ether oxygens (including phenoxy) is 4. The molecule has 6 nitrogen and oxygen atoms in total. The van der Waals surface area contributed by atoms with E-state index in [4.69, 9.17) is 30.5 Å². The Labute approximate surface area is 175 Å². The average molecular weight is 423 g/mol. The van der Waals surface area contributed by atoms with Crippen molar-refractivity contribution in [1.82, 2.24) is 0 Å². The van der Waals surface area contributed by atoms with Crippen LogP contribution in [0.25, 0.3) is 0 Å². The fourth-order valence-corrected chi connectivity index (χ4v) is 5.01. The highest BCUT2D eigenvalue weighted by atomic mass is 35.5. The number of aryl methyl sites for hydroxylation is 1. The van der Waals surface area contributed by atoms with Crippen molar-refractivity contribution < 1.29 is 28.5 Å². The summed E-state index contributed by atoms with van der Waals surface area (Å²) in [5.74, 6) is -0.111. The van der Waals surface area contributed by atoms with Gasteiger partial charge in [-0.2, -0.15) is 0 Å². The zero-order valence-electron chi connectivity index (χ0n) is 16.6. The first-order valence-corrected chi connectivity index (χ1v) is 10.9. The summed E-state index contributed by atoms with van der Waals surface area (Å²) in [6.45, 7) is 2.73. The van der Waals surface area contributed by atoms with E-state index in [1.54, 1.807) is 13.0 Å². The summed E-state index contributed by atoms with van der Waals surface area (Å²) in [5.41, 5.74) is 1.26. The number of hydrogen-bond donors (Lipinski definition) is 0. The first kappa shape index (κ1) is 20.6. The highest BCUT2D eigenvalue weighted by molar-refractivity contribution is 6.35. The van der Waals surface area contributed by atoms with Gasteiger partial charge in [-0.05, 0) is 50.7 Å². The average Bonchev–Trinajstić information content (AvgIpc) is 2.93. The van der Waals surface area contributed by atoms with Crippen LogP contribution in [0.2, 0.25) is 5.02 Å². The Balaban J connectivity index is 1.54. The second-order valence-corrected chi connectivity index (χ2v) is 8.29. The van der Waals surface area contributed by atoms with Gasteiger partial charge in [0, 0.05) is 24.9 Å². The van der Waals surface area contributed by atoms with Crippen LogP contribution in [-0.2, 0) is 25.4 Å². The molecular weight excluding hydrogens is 396 g/mol. The molecule has 1 unspecified atom stereocenters. The molecule has 1 saturated heterocycles. The maximum atomic E-state index is 12.2. The number of halogens is 1. The third kappa shape index (κ3) is 4.16. The monoisotopic (exact) mass is 422 g/mol. The predicted molar refractivity (Wildman–Crippen MR) is 106 cm³/mol. The Kier molecular flexibility index (Phi) is 6.42. The van der Waals surface area contributed by atoms with E-state index in [0.717, 1.165) is 44.0 Å². The van der Waals surface area contributed by atoms with Crippen molar-refractivity contribution in [2.45, 2.75) is 63.9 Å². The van der Waals surface area contributed by atoms with Gasteiger partial charge in [-0.3, -0.25) is 0 Å². The number of hydrogen-bond acceptors (Lipinski definition) is 6. The molecular formula is C22H27ClO6. The molecule has 2 aliphatic heterocycles. The molecule has 5 atom stereocenters. The summed E-state index contributed by atoms with van der Waals surface area (Å²) in [7, 11) is 0. The number of fused-ring (bicyclic) bond motifs is 2. The third-order valence-electron chi connectivity index (χ3n) is 6.18. The highest BCUT2D eigenvalue weighted by Gasteiger charge is 2.47. The van der Waals surface area contributed by atoms with Crippen molar-refractivity contribution in [3.05, 3.63) is 28.3 Å². The van der Waals surface area contributed by atoms with Gasteiger partial charge in [0.25, 0.3) is 0 Å². The van der Waals surface area contributed by atoms with Gasteiger partial charge in [0.2, 0.25) is 0 Å². The summed E-state index contributed by atoms with van der Waals surface area (Å²) in [6, 6.07) is 3.56. The number of benzene rings is 1. The lowest BCUT2D eigenvalue weighted by molar-refractivity contribution is -0.194. The second-order valence-electron chi connectivity index (χ2n) is 7.91. The Bertz CT molecular complexity index is 760. The van der Waals surface area contributed by atoms with Gasteiger partial charge >= 0.3 is 5.97 Å². The molecule has 29 heavy (non-hydrogen) atoms. The molecule has 158 valence electrons. The van der Waals surface area contributed by atoms with E-state index >= 15 is 0 Å². The van der Waals surface area contributed by atoms with E-state index in [9.17, 15) is 9.59 Å². The number of rotatable bonds is 5. The van der Waals surface area contributed by atoms with Gasteiger partial charge in [0.1, 0.15) is 18.1 Å². The van der Waals surface area contributed by atoms with Crippen LogP contribution < -0.4 is 4.74 Å². The fourth-order valence-electron chi connectivity index (χ4n) is 4.71. The zero-order valence-corrected chi connectivity index (χ0v) is 17.4. The molecule has 1 aliphatic carbocycles. The van der Waals surface area contributed by atoms with E-state index in [2.05, 4.69) is 0 Å². The minimum Gasteiger partial charge on any atom is -0.488 e. The third-order valence-corrected chi connectivity index (χ3v) is 6.55. The summed E-state index contributed by atoms with van der Waals surface area (Å²) in [5, 5.41) is 0.282. The van der Waals surface area contributed by atoms with Gasteiger partial charge in [-0.1, -0.05) is 17.7 Å². The molecule has 0 aromatic heterocycles. The van der Waals surface area contributed by atoms with Crippen molar-refractivity contribution in [2.24, 2.45) is 11.8 Å². The van der Waals surface area contributed by atoms with Gasteiger partial charge in [-0.15, -0.1) is 0 Å². The molecule has 1 aromatic carbocycles. The smallest absolute Gasteiger partial charge is 0.339 e. The summed E-state index contributed by atoms with van der Waals surface area (Å²) >= 11 is 6.54. The molecule has 1 aromatic rings. The van der Waals surface area contributed by atoms with E-state index in [1.165, 1.54) is 0 Å². The number of esters is 1. The van der Waals surface area contributed by atoms with E-state index < -0.39 is 5.97 Å². The molecule has 0 spiro atoms. The largest absolute Gasteiger partial charge is 0.488 e. The minimum atomic E-state index is -0.461. The Morgan fingerprint density at radius 1 is 1.31 bits per heavy atom. The van der Waals surface area contributed by atoms with Crippen LogP contribution >= 0.6 is 11.6 Å². The van der Waals surface area contributed by atoms with Gasteiger partial charge < -0.3 is 23.7 Å². The zero-order chi connectivity index (χ0) is 20.4. The summed E-state index contributed by atoms with van der Waals surface area (Å²) in [4.78, 5) is 24.1. The van der Waals surface area contributed by atoms with Crippen LogP contribution in [0.15, 0.2) is 12.1 Å². The van der Waals surface area contributed by atoms with Crippen LogP contribution in [0.3, 0.4) is 0 Å². The van der Waals surface area contributed by atoms with Crippen LogP contribution in [-0.4, -0.2) is 44.0 Å². The van der Waals surface area contributed by atoms with Crippen molar-refractivity contribution in [3.8, 4) is 5.75 Å². The Morgan fingerprint density at radius 2 is 2.17 bits per heavy atom. The van der Waals surface area contributed by atoms with E-state index in [1.807, 2.05) is 6.07 Å². The fraction of sp³-hybridized carbons (Fsp3) is 0.636. The lowest BCUT2D eigenvalue weighted by atomic mass is 9.89. The number of carbonyl (C=O) groups is 2. The van der Waals surface area contributed by atoms with E-state index in [-0.39, 0.29) is 42.0 Å². The molecule has 0 N–H and O–H groups in total. The van der Waals surface area contributed by atoms with Crippen LogP contribution in [0.5, 0.6) is 5.75 Å². The van der Waals surface area contributed by atoms with Crippen molar-refractivity contribution in [2.75, 3.05) is 13.2 Å². The van der Waals surface area contributed by atoms with Crippen molar-refractivity contribution >= 4 is 23.9 Å². The van der Waals surface area contributed by atoms with Gasteiger partial charge in [0.15, 0.2) is 6.29 Å². The first-order chi connectivity index (χ1) is 14.1. The van der Waals surface area contributed by atoms with E-state index in [0.29, 0.717) is 24.3 Å². The van der Waals surface area contributed by atoms with Crippen LogP contribution in [0, 0.1) is 11.8 Å². The van der Waals surface area contributed by atoms with Crippen LogP contribution in [0.4, 0.5) is 0 Å². The normalized spacial score (nSPS) is 31.2. The maximum Gasteiger partial charge on any atom is 0.339 e. The second kappa shape index (κ2) is 9.02. The number of aldehydes is 1. The molecule has 0 bridgehead atoms. The Hall–Kier alpha value is -1.63. The molecule has 0 radical (unpaired) electrons. The quantitative estimate of drug-likeness (QED) is 0.528. The van der Waals surface area contributed by atoms with Gasteiger partial charge in [-0.25, -0.2) is 4.79 Å². The first-order valence-electron chi connectivity index (χ1n) is 10.5. The molecule has 1 saturated carbocycles.